The van der Waals surface area contributed by atoms with Gasteiger partial charge in [0.25, 0.3) is 0 Å². The lowest BCUT2D eigenvalue weighted by Gasteiger charge is -2.15. The molecule has 0 aliphatic rings. The third-order valence-corrected chi connectivity index (χ3v) is 13.5. The molecule has 0 aromatic heterocycles. The molecule has 0 bridgehead atoms. The number of esters is 2. The highest BCUT2D eigenvalue weighted by Gasteiger charge is 2.16. The Bertz CT molecular complexity index is 990. The van der Waals surface area contributed by atoms with Gasteiger partial charge >= 0.3 is 11.9 Å². The Morgan fingerprint density at radius 1 is 0.354 bits per heavy atom. The Kier molecular flexibility index (Phi) is 55.3. The maximum Gasteiger partial charge on any atom is 0.306 e. The summed E-state index contributed by atoms with van der Waals surface area (Å²) in [5, 5.41) is 9.64. The van der Waals surface area contributed by atoms with Gasteiger partial charge in [-0.05, 0) is 44.9 Å². The van der Waals surface area contributed by atoms with Crippen LogP contribution in [0.2, 0.25) is 0 Å². The molecule has 0 rings (SSSR count). The van der Waals surface area contributed by atoms with Gasteiger partial charge in [-0.1, -0.05) is 295 Å². The van der Waals surface area contributed by atoms with Crippen molar-refractivity contribution >= 4 is 11.9 Å². The molecule has 0 aromatic carbocycles. The first kappa shape index (κ1) is 63.4. The summed E-state index contributed by atoms with van der Waals surface area (Å²) in [6.07, 6.45) is 71.8. The molecular formula is C60H114O5. The Hall–Kier alpha value is -1.62. The second kappa shape index (κ2) is 56.7. The number of rotatable bonds is 55. The molecule has 5 heteroatoms. The van der Waals surface area contributed by atoms with Gasteiger partial charge in [0.05, 0.1) is 6.61 Å². The van der Waals surface area contributed by atoms with Crippen LogP contribution >= 0.6 is 0 Å². The van der Waals surface area contributed by atoms with E-state index in [1.165, 1.54) is 257 Å². The number of hydrogen-bond acceptors (Lipinski definition) is 5. The fourth-order valence-electron chi connectivity index (χ4n) is 9.06. The normalized spacial score (nSPS) is 12.2. The zero-order chi connectivity index (χ0) is 47.0. The molecule has 0 fully saturated rings. The Labute approximate surface area is 406 Å². The molecule has 65 heavy (non-hydrogen) atoms. The molecule has 0 aromatic rings. The summed E-state index contributed by atoms with van der Waals surface area (Å²) >= 11 is 0. The average molecular weight is 916 g/mol. The summed E-state index contributed by atoms with van der Waals surface area (Å²) < 4.78 is 10.7. The van der Waals surface area contributed by atoms with E-state index in [4.69, 9.17) is 9.47 Å². The molecule has 0 radical (unpaired) electrons. The smallest absolute Gasteiger partial charge is 0.306 e. The minimum absolute atomic E-state index is 0.0638. The maximum absolute atomic E-state index is 12.3. The molecule has 0 aliphatic heterocycles. The Morgan fingerprint density at radius 3 is 0.938 bits per heavy atom. The fourth-order valence-corrected chi connectivity index (χ4v) is 9.06. The van der Waals surface area contributed by atoms with Crippen LogP contribution in [-0.2, 0) is 19.1 Å². The van der Waals surface area contributed by atoms with Gasteiger partial charge in [-0.25, -0.2) is 0 Å². The van der Waals surface area contributed by atoms with Gasteiger partial charge in [0.2, 0.25) is 0 Å². The minimum Gasteiger partial charge on any atom is -0.462 e. The van der Waals surface area contributed by atoms with Crippen LogP contribution < -0.4 is 0 Å². The van der Waals surface area contributed by atoms with Gasteiger partial charge < -0.3 is 14.6 Å². The zero-order valence-electron chi connectivity index (χ0n) is 44.0. The monoisotopic (exact) mass is 915 g/mol. The van der Waals surface area contributed by atoms with Crippen molar-refractivity contribution in [1.82, 2.24) is 0 Å². The summed E-state index contributed by atoms with van der Waals surface area (Å²) in [6.45, 7) is 4.16. The van der Waals surface area contributed by atoms with Crippen molar-refractivity contribution in [2.75, 3.05) is 13.2 Å². The van der Waals surface area contributed by atoms with Crippen molar-refractivity contribution in [3.8, 4) is 0 Å². The van der Waals surface area contributed by atoms with Crippen LogP contribution in [0.15, 0.2) is 24.3 Å². The first-order chi connectivity index (χ1) is 32.1. The largest absolute Gasteiger partial charge is 0.462 e. The molecule has 1 atom stereocenters. The lowest BCUT2D eigenvalue weighted by atomic mass is 10.0. The van der Waals surface area contributed by atoms with Crippen LogP contribution in [0.25, 0.3) is 0 Å². The predicted octanol–water partition coefficient (Wildman–Crippen LogP) is 19.7. The van der Waals surface area contributed by atoms with Crippen LogP contribution in [0.5, 0.6) is 0 Å². The van der Waals surface area contributed by atoms with Crippen molar-refractivity contribution in [2.45, 2.75) is 335 Å². The van der Waals surface area contributed by atoms with E-state index in [9.17, 15) is 14.7 Å². The van der Waals surface area contributed by atoms with Crippen molar-refractivity contribution in [3.05, 3.63) is 24.3 Å². The number of unbranched alkanes of at least 4 members (excludes halogenated alkanes) is 43. The van der Waals surface area contributed by atoms with E-state index in [-0.39, 0.29) is 25.2 Å². The van der Waals surface area contributed by atoms with Crippen LogP contribution in [0.1, 0.15) is 328 Å². The molecule has 1 unspecified atom stereocenters. The first-order valence-corrected chi connectivity index (χ1v) is 29.4. The molecule has 5 nitrogen and oxygen atoms in total. The summed E-state index contributed by atoms with van der Waals surface area (Å²) in [4.78, 5) is 24.5. The van der Waals surface area contributed by atoms with E-state index in [0.717, 1.165) is 44.9 Å². The quantitative estimate of drug-likeness (QED) is 0.0374. The second-order valence-corrected chi connectivity index (χ2v) is 20.1. The van der Waals surface area contributed by atoms with Crippen LogP contribution in [0.3, 0.4) is 0 Å². The third kappa shape index (κ3) is 54.9. The number of carbonyl (C=O) groups is 2. The van der Waals surface area contributed by atoms with Crippen molar-refractivity contribution in [3.63, 3.8) is 0 Å². The van der Waals surface area contributed by atoms with Crippen molar-refractivity contribution < 1.29 is 24.2 Å². The van der Waals surface area contributed by atoms with E-state index < -0.39 is 6.10 Å². The van der Waals surface area contributed by atoms with E-state index in [0.29, 0.717) is 12.8 Å². The summed E-state index contributed by atoms with van der Waals surface area (Å²) in [5.41, 5.74) is 0. The van der Waals surface area contributed by atoms with Gasteiger partial charge in [-0.3, -0.25) is 9.59 Å². The molecule has 0 saturated carbocycles. The van der Waals surface area contributed by atoms with Crippen LogP contribution in [0, 0.1) is 0 Å². The highest BCUT2D eigenvalue weighted by atomic mass is 16.6. The Balaban J connectivity index is 3.37. The lowest BCUT2D eigenvalue weighted by molar-refractivity contribution is -0.161. The highest BCUT2D eigenvalue weighted by molar-refractivity contribution is 5.70. The minimum atomic E-state index is -0.773. The Morgan fingerprint density at radius 2 is 0.615 bits per heavy atom. The summed E-state index contributed by atoms with van der Waals surface area (Å²) in [7, 11) is 0. The standard InChI is InChI=1S/C60H114O5/c1-3-5-7-9-11-13-15-17-19-21-22-23-24-25-26-27-28-29-30-31-32-33-34-35-36-37-39-40-42-44-46-48-50-52-54-59(62)64-57-58(56-61)65-60(63)55-53-51-49-47-45-43-41-38-20-18-16-14-12-10-8-6-4-2/h12,14,18,20,58,61H,3-11,13,15-17,19,21-57H2,1-2H3/b14-12-,20-18-. The number of aliphatic hydroxyl groups excluding tert-OH is 1. The van der Waals surface area contributed by atoms with E-state index in [1.807, 2.05) is 0 Å². The molecule has 0 heterocycles. The lowest BCUT2D eigenvalue weighted by Crippen LogP contribution is -2.28. The van der Waals surface area contributed by atoms with Gasteiger partial charge in [0.1, 0.15) is 6.61 Å². The van der Waals surface area contributed by atoms with Gasteiger partial charge in [-0.15, -0.1) is 0 Å². The molecule has 384 valence electrons. The van der Waals surface area contributed by atoms with Crippen LogP contribution in [-0.4, -0.2) is 36.4 Å². The second-order valence-electron chi connectivity index (χ2n) is 20.1. The number of aliphatic hydroxyl groups is 1. The summed E-state index contributed by atoms with van der Waals surface area (Å²) in [6, 6.07) is 0. The number of hydrogen-bond donors (Lipinski definition) is 1. The zero-order valence-corrected chi connectivity index (χ0v) is 44.0. The number of carbonyl (C=O) groups excluding carboxylic acids is 2. The molecule has 0 amide bonds. The third-order valence-electron chi connectivity index (χ3n) is 13.5. The van der Waals surface area contributed by atoms with Crippen LogP contribution in [0.4, 0.5) is 0 Å². The van der Waals surface area contributed by atoms with Gasteiger partial charge in [-0.2, -0.15) is 0 Å². The number of allylic oxidation sites excluding steroid dienone is 4. The molecule has 0 spiro atoms. The fraction of sp³-hybridized carbons (Fsp3) is 0.900. The first-order valence-electron chi connectivity index (χ1n) is 29.4. The highest BCUT2D eigenvalue weighted by Crippen LogP contribution is 2.18. The van der Waals surface area contributed by atoms with E-state index >= 15 is 0 Å². The van der Waals surface area contributed by atoms with Crippen molar-refractivity contribution in [1.29, 1.82) is 0 Å². The summed E-state index contributed by atoms with van der Waals surface area (Å²) in [5.74, 6) is -0.582. The molecular weight excluding hydrogens is 801 g/mol. The van der Waals surface area contributed by atoms with Gasteiger partial charge in [0.15, 0.2) is 6.10 Å². The predicted molar refractivity (Wildman–Crippen MR) is 284 cm³/mol. The SMILES string of the molecule is CCCCC/C=C\C/C=C\CCCCCCCCCC(=O)OC(CO)COC(=O)CCCCCCCCCCCCCCCCCCCCCCCCCCCCCCCCCCCC. The van der Waals surface area contributed by atoms with E-state index in [1.54, 1.807) is 0 Å². The van der Waals surface area contributed by atoms with Gasteiger partial charge in [0, 0.05) is 12.8 Å². The van der Waals surface area contributed by atoms with E-state index in [2.05, 4.69) is 38.2 Å². The topological polar surface area (TPSA) is 72.8 Å². The van der Waals surface area contributed by atoms with Crippen molar-refractivity contribution in [2.24, 2.45) is 0 Å². The maximum atomic E-state index is 12.3. The average Bonchev–Trinajstić information content (AvgIpc) is 3.31. The molecule has 0 saturated heterocycles. The number of ether oxygens (including phenoxy) is 2. The molecule has 1 N–H and O–H groups in total. The molecule has 0 aliphatic carbocycles.